The molecule has 3 aromatic carbocycles. The minimum atomic E-state index is -1.06. The largest absolute Gasteiger partial charge is 0.273 e. The molecule has 0 spiro atoms. The monoisotopic (exact) mass is 398 g/mol. The molecule has 2 saturated heterocycles. The number of anilines is 2. The lowest BCUT2D eigenvalue weighted by molar-refractivity contribution is -0.128. The van der Waals surface area contributed by atoms with Crippen LogP contribution >= 0.6 is 0 Å². The number of hydroxylamine groups is 1. The second-order valence-electron chi connectivity index (χ2n) is 8.06. The highest BCUT2D eigenvalue weighted by molar-refractivity contribution is 6.25. The van der Waals surface area contributed by atoms with Gasteiger partial charge in [0.15, 0.2) is 6.10 Å². The van der Waals surface area contributed by atoms with Gasteiger partial charge in [0.25, 0.3) is 5.91 Å². The molecule has 0 aromatic heterocycles. The summed E-state index contributed by atoms with van der Waals surface area (Å²) >= 11 is 0. The van der Waals surface area contributed by atoms with Gasteiger partial charge < -0.3 is 0 Å². The van der Waals surface area contributed by atoms with Crippen LogP contribution in [0.25, 0.3) is 0 Å². The molecule has 2 amide bonds. The van der Waals surface area contributed by atoms with Crippen molar-refractivity contribution in [2.45, 2.75) is 26.0 Å². The van der Waals surface area contributed by atoms with E-state index in [4.69, 9.17) is 4.84 Å². The minimum Gasteiger partial charge on any atom is -0.273 e. The van der Waals surface area contributed by atoms with Gasteiger partial charge in [0.2, 0.25) is 5.91 Å². The van der Waals surface area contributed by atoms with Crippen molar-refractivity contribution in [3.8, 4) is 0 Å². The minimum absolute atomic E-state index is 0.242. The molecular formula is C25H22N2O3. The predicted molar refractivity (Wildman–Crippen MR) is 115 cm³/mol. The molecule has 150 valence electrons. The smallest absolute Gasteiger partial charge is 0.266 e. The molecule has 2 aliphatic heterocycles. The van der Waals surface area contributed by atoms with Gasteiger partial charge in [-0.05, 0) is 43.7 Å². The highest BCUT2D eigenvalue weighted by atomic mass is 16.7. The summed E-state index contributed by atoms with van der Waals surface area (Å²) in [4.78, 5) is 34.7. The third-order valence-electron chi connectivity index (χ3n) is 6.09. The van der Waals surface area contributed by atoms with E-state index in [-0.39, 0.29) is 11.8 Å². The summed E-state index contributed by atoms with van der Waals surface area (Å²) in [7, 11) is 0. The number of benzene rings is 3. The highest BCUT2D eigenvalue weighted by Crippen LogP contribution is 2.55. The molecule has 3 aromatic rings. The molecule has 3 unspecified atom stereocenters. The van der Waals surface area contributed by atoms with Crippen LogP contribution in [0.1, 0.15) is 24.1 Å². The molecule has 3 atom stereocenters. The molecule has 30 heavy (non-hydrogen) atoms. The zero-order valence-corrected chi connectivity index (χ0v) is 16.9. The maximum atomic E-state index is 13.8. The van der Waals surface area contributed by atoms with Crippen LogP contribution in [0.2, 0.25) is 0 Å². The van der Waals surface area contributed by atoms with Crippen molar-refractivity contribution in [3.63, 3.8) is 0 Å². The zero-order valence-electron chi connectivity index (χ0n) is 16.9. The summed E-state index contributed by atoms with van der Waals surface area (Å²) in [6, 6.07) is 26.4. The Morgan fingerprint density at radius 2 is 1.40 bits per heavy atom. The SMILES string of the molecule is Cc1ccc(N2C(=O)C3ON(c4ccccc4)C(c4ccccc4)C3(C)C2=O)cc1. The highest BCUT2D eigenvalue weighted by Gasteiger charge is 2.68. The van der Waals surface area contributed by atoms with Gasteiger partial charge in [0.05, 0.1) is 17.4 Å². The van der Waals surface area contributed by atoms with Crippen molar-refractivity contribution in [1.82, 2.24) is 0 Å². The number of carbonyl (C=O) groups excluding carboxylic acids is 2. The van der Waals surface area contributed by atoms with Crippen LogP contribution in [0.4, 0.5) is 11.4 Å². The Hall–Kier alpha value is -3.44. The van der Waals surface area contributed by atoms with Crippen LogP contribution in [0, 0.1) is 12.3 Å². The van der Waals surface area contributed by atoms with Gasteiger partial charge in [-0.25, -0.2) is 9.96 Å². The van der Waals surface area contributed by atoms with E-state index in [2.05, 4.69) is 0 Å². The fourth-order valence-electron chi connectivity index (χ4n) is 4.50. The summed E-state index contributed by atoms with van der Waals surface area (Å²) < 4.78 is 0. The van der Waals surface area contributed by atoms with Crippen LogP contribution in [0.5, 0.6) is 0 Å². The van der Waals surface area contributed by atoms with Crippen LogP contribution in [-0.4, -0.2) is 17.9 Å². The molecule has 0 radical (unpaired) electrons. The molecule has 0 N–H and O–H groups in total. The van der Waals surface area contributed by atoms with Crippen molar-refractivity contribution in [2.24, 2.45) is 5.41 Å². The summed E-state index contributed by atoms with van der Waals surface area (Å²) in [5.41, 5.74) is 2.33. The lowest BCUT2D eigenvalue weighted by atomic mass is 9.76. The van der Waals surface area contributed by atoms with Crippen molar-refractivity contribution in [3.05, 3.63) is 96.1 Å². The van der Waals surface area contributed by atoms with Gasteiger partial charge in [-0.15, -0.1) is 0 Å². The number of imide groups is 1. The van der Waals surface area contributed by atoms with E-state index in [9.17, 15) is 9.59 Å². The van der Waals surface area contributed by atoms with Gasteiger partial charge in [-0.1, -0.05) is 66.2 Å². The first-order valence-corrected chi connectivity index (χ1v) is 10.0. The molecule has 2 aliphatic rings. The quantitative estimate of drug-likeness (QED) is 0.612. The van der Waals surface area contributed by atoms with Crippen molar-refractivity contribution >= 4 is 23.2 Å². The summed E-state index contributed by atoms with van der Waals surface area (Å²) in [5.74, 6) is -0.570. The first kappa shape index (κ1) is 18.6. The predicted octanol–water partition coefficient (Wildman–Crippen LogP) is 4.44. The Balaban J connectivity index is 1.63. The van der Waals surface area contributed by atoms with E-state index in [0.29, 0.717) is 5.69 Å². The number of fused-ring (bicyclic) bond motifs is 1. The number of para-hydroxylation sites is 1. The van der Waals surface area contributed by atoms with Crippen molar-refractivity contribution in [1.29, 1.82) is 0 Å². The first-order valence-electron chi connectivity index (χ1n) is 10.0. The fraction of sp³-hybridized carbons (Fsp3) is 0.200. The third kappa shape index (κ3) is 2.59. The zero-order chi connectivity index (χ0) is 20.9. The number of amides is 2. The van der Waals surface area contributed by atoms with E-state index in [0.717, 1.165) is 16.8 Å². The van der Waals surface area contributed by atoms with Gasteiger partial charge in [0.1, 0.15) is 5.41 Å². The number of nitrogens with zero attached hydrogens (tertiary/aromatic N) is 2. The average molecular weight is 398 g/mol. The van der Waals surface area contributed by atoms with Crippen LogP contribution in [0.3, 0.4) is 0 Å². The van der Waals surface area contributed by atoms with E-state index < -0.39 is 17.6 Å². The lowest BCUT2D eigenvalue weighted by Gasteiger charge is -2.32. The second-order valence-corrected chi connectivity index (χ2v) is 8.06. The van der Waals surface area contributed by atoms with Crippen LogP contribution in [-0.2, 0) is 14.4 Å². The standard InChI is InChI=1S/C25H22N2O3/c1-17-13-15-19(16-14-17)26-23(28)22-25(2,24(26)29)21(18-9-5-3-6-10-18)27(30-22)20-11-7-4-8-12-20/h3-16,21-22H,1-2H3. The molecule has 5 nitrogen and oxygen atoms in total. The first-order chi connectivity index (χ1) is 14.5. The molecule has 0 aliphatic carbocycles. The Labute approximate surface area is 175 Å². The maximum Gasteiger partial charge on any atom is 0.266 e. The van der Waals surface area contributed by atoms with Gasteiger partial charge in [0, 0.05) is 0 Å². The Bertz CT molecular complexity index is 1100. The maximum absolute atomic E-state index is 13.8. The van der Waals surface area contributed by atoms with Gasteiger partial charge in [-0.3, -0.25) is 14.4 Å². The third-order valence-corrected chi connectivity index (χ3v) is 6.09. The molecule has 5 heteroatoms. The normalized spacial score (nSPS) is 25.7. The van der Waals surface area contributed by atoms with Gasteiger partial charge >= 0.3 is 0 Å². The molecule has 2 fully saturated rings. The second kappa shape index (κ2) is 6.82. The van der Waals surface area contributed by atoms with E-state index >= 15 is 0 Å². The summed E-state index contributed by atoms with van der Waals surface area (Å²) in [6.45, 7) is 3.81. The fourth-order valence-corrected chi connectivity index (χ4v) is 4.50. The Kier molecular flexibility index (Phi) is 4.22. The van der Waals surface area contributed by atoms with Crippen molar-refractivity contribution in [2.75, 3.05) is 9.96 Å². The van der Waals surface area contributed by atoms with Gasteiger partial charge in [-0.2, -0.15) is 0 Å². The number of rotatable bonds is 3. The van der Waals surface area contributed by atoms with Crippen LogP contribution in [0.15, 0.2) is 84.9 Å². The number of aryl methyl sites for hydroxylation is 1. The Morgan fingerprint density at radius 1 is 0.800 bits per heavy atom. The van der Waals surface area contributed by atoms with Crippen LogP contribution < -0.4 is 9.96 Å². The number of carbonyl (C=O) groups is 2. The van der Waals surface area contributed by atoms with E-state index in [1.54, 1.807) is 5.06 Å². The molecule has 0 bridgehead atoms. The molecule has 5 rings (SSSR count). The summed E-state index contributed by atoms with van der Waals surface area (Å²) in [5, 5.41) is 1.72. The molecule has 2 heterocycles. The lowest BCUT2D eigenvalue weighted by Crippen LogP contribution is -2.41. The molecule has 0 saturated carbocycles. The molecular weight excluding hydrogens is 376 g/mol. The number of hydrogen-bond donors (Lipinski definition) is 0. The number of hydrogen-bond acceptors (Lipinski definition) is 4. The Morgan fingerprint density at radius 3 is 2.03 bits per heavy atom. The average Bonchev–Trinajstić information content (AvgIpc) is 3.19. The summed E-state index contributed by atoms with van der Waals surface area (Å²) in [6.07, 6.45) is -0.892. The van der Waals surface area contributed by atoms with E-state index in [1.807, 2.05) is 98.8 Å². The van der Waals surface area contributed by atoms with E-state index in [1.165, 1.54) is 4.90 Å². The topological polar surface area (TPSA) is 49.9 Å². The van der Waals surface area contributed by atoms with Crippen molar-refractivity contribution < 1.29 is 14.4 Å².